The summed E-state index contributed by atoms with van der Waals surface area (Å²) in [7, 11) is 0. The van der Waals surface area contributed by atoms with Crippen molar-refractivity contribution in [3.05, 3.63) is 68.5 Å². The maximum absolute atomic E-state index is 9.71. The van der Waals surface area contributed by atoms with Crippen LogP contribution in [0.4, 0.5) is 0 Å². The van der Waals surface area contributed by atoms with Gasteiger partial charge in [0.15, 0.2) is 0 Å². The molecule has 28 heavy (non-hydrogen) atoms. The Balaban J connectivity index is -0.0000000970. The van der Waals surface area contributed by atoms with Crippen molar-refractivity contribution in [3.63, 3.8) is 0 Å². The maximum atomic E-state index is 9.71. The monoisotopic (exact) mass is 480 g/mol. The summed E-state index contributed by atoms with van der Waals surface area (Å²) in [4.78, 5) is 0. The van der Waals surface area contributed by atoms with Gasteiger partial charge in [0.05, 0.1) is 0 Å². The summed E-state index contributed by atoms with van der Waals surface area (Å²) >= 11 is 0. The third kappa shape index (κ3) is 22.3. The van der Waals surface area contributed by atoms with E-state index in [1.165, 1.54) is 49.7 Å². The molecule has 162 valence electrons. The van der Waals surface area contributed by atoms with Crippen LogP contribution < -0.4 is 0 Å². The van der Waals surface area contributed by atoms with Gasteiger partial charge >= 0.3 is 21.7 Å². The smallest absolute Gasteiger partial charge is 0.508 e. The molecule has 1 aromatic carbocycles. The van der Waals surface area contributed by atoms with Gasteiger partial charge in [-0.05, 0) is 59.9 Å². The SMILES string of the molecule is CCCCCc1cc(O)cc(CCCCC)c1.Cl.Cl.[C-]1=CC=CC1.[CH3-].[CH3-].[SiH3].[Ti+3]. The van der Waals surface area contributed by atoms with Gasteiger partial charge in [-0.3, -0.25) is 6.08 Å². The molecular formula is C23H42Cl2OSiTi. The first kappa shape index (κ1) is 42.2. The molecule has 0 spiro atoms. The van der Waals surface area contributed by atoms with E-state index in [9.17, 15) is 5.11 Å². The summed E-state index contributed by atoms with van der Waals surface area (Å²) in [6.07, 6.45) is 19.7. The first-order valence-corrected chi connectivity index (χ1v) is 8.79. The van der Waals surface area contributed by atoms with Gasteiger partial charge < -0.3 is 20.0 Å². The van der Waals surface area contributed by atoms with Gasteiger partial charge in [0.25, 0.3) is 0 Å². The first-order valence-electron chi connectivity index (χ1n) is 8.79. The average Bonchev–Trinajstić information content (AvgIpc) is 3.07. The van der Waals surface area contributed by atoms with Crippen LogP contribution in [-0.2, 0) is 34.6 Å². The molecule has 0 bridgehead atoms. The molecule has 0 saturated heterocycles. The molecule has 0 saturated carbocycles. The quantitative estimate of drug-likeness (QED) is 0.248. The van der Waals surface area contributed by atoms with Crippen molar-refractivity contribution in [1.82, 2.24) is 0 Å². The molecule has 5 heteroatoms. The summed E-state index contributed by atoms with van der Waals surface area (Å²) < 4.78 is 0. The van der Waals surface area contributed by atoms with Crippen LogP contribution in [-0.4, -0.2) is 16.1 Å². The van der Waals surface area contributed by atoms with Crippen LogP contribution in [0, 0.1) is 20.9 Å². The Morgan fingerprint density at radius 2 is 1.32 bits per heavy atom. The number of phenols is 1. The second-order valence-corrected chi connectivity index (χ2v) is 5.92. The number of halogens is 2. The number of aromatic hydroxyl groups is 1. The molecule has 2 rings (SSSR count). The molecule has 2 radical (unpaired) electrons. The number of hydrogen-bond acceptors (Lipinski definition) is 1. The number of benzene rings is 1. The van der Waals surface area contributed by atoms with E-state index in [2.05, 4.69) is 32.1 Å². The van der Waals surface area contributed by atoms with Crippen LogP contribution in [0.25, 0.3) is 0 Å². The Kier molecular flexibility index (Phi) is 44.0. The van der Waals surface area contributed by atoms with Gasteiger partial charge in [0, 0.05) is 0 Å². The summed E-state index contributed by atoms with van der Waals surface area (Å²) in [5.74, 6) is 0.436. The van der Waals surface area contributed by atoms with Crippen LogP contribution in [0.3, 0.4) is 0 Å². The first-order chi connectivity index (χ1) is 10.8. The molecule has 0 heterocycles. The normalized spacial score (nSPS) is 9.64. The van der Waals surface area contributed by atoms with Crippen molar-refractivity contribution in [2.24, 2.45) is 0 Å². The number of unbranched alkanes of at least 4 members (excludes halogenated alkanes) is 4. The van der Waals surface area contributed by atoms with Gasteiger partial charge in [-0.15, -0.1) is 31.2 Å². The summed E-state index contributed by atoms with van der Waals surface area (Å²) in [5, 5.41) is 9.71. The van der Waals surface area contributed by atoms with Crippen LogP contribution >= 0.6 is 24.8 Å². The van der Waals surface area contributed by atoms with Crippen molar-refractivity contribution in [1.29, 1.82) is 0 Å². The zero-order valence-corrected chi connectivity index (χ0v) is 23.8. The molecule has 0 aromatic heterocycles. The Labute approximate surface area is 207 Å². The minimum atomic E-state index is 0. The van der Waals surface area contributed by atoms with Crippen molar-refractivity contribution in [2.75, 3.05) is 0 Å². The van der Waals surface area contributed by atoms with E-state index in [4.69, 9.17) is 0 Å². The van der Waals surface area contributed by atoms with Gasteiger partial charge in [0.1, 0.15) is 5.75 Å². The predicted octanol–water partition coefficient (Wildman–Crippen LogP) is 6.72. The number of allylic oxidation sites excluding steroid dienone is 4. The third-order valence-electron chi connectivity index (χ3n) is 3.76. The minimum absolute atomic E-state index is 0. The summed E-state index contributed by atoms with van der Waals surface area (Å²) in [6.45, 7) is 4.44. The molecule has 0 unspecified atom stereocenters. The van der Waals surface area contributed by atoms with Gasteiger partial charge in [0.2, 0.25) is 0 Å². The van der Waals surface area contributed by atoms with E-state index in [1.807, 2.05) is 24.3 Å². The van der Waals surface area contributed by atoms with E-state index >= 15 is 0 Å². The number of hydrogen-bond donors (Lipinski definition) is 1. The average molecular weight is 481 g/mol. The molecule has 0 fully saturated rings. The molecular weight excluding hydrogens is 439 g/mol. The van der Waals surface area contributed by atoms with Gasteiger partial charge in [-0.2, -0.15) is 6.08 Å². The molecule has 0 atom stereocenters. The Bertz CT molecular complexity index is 441. The second-order valence-electron chi connectivity index (χ2n) is 5.92. The molecule has 1 N–H and O–H groups in total. The Hall–Kier alpha value is 0.0112. The zero-order valence-electron chi connectivity index (χ0n) is 18.6. The van der Waals surface area contributed by atoms with E-state index in [1.54, 1.807) is 0 Å². The summed E-state index contributed by atoms with van der Waals surface area (Å²) in [6, 6.07) is 6.10. The van der Waals surface area contributed by atoms with Crippen LogP contribution in [0.5, 0.6) is 5.75 Å². The summed E-state index contributed by atoms with van der Waals surface area (Å²) in [5.41, 5.74) is 2.59. The third-order valence-corrected chi connectivity index (χ3v) is 3.76. The van der Waals surface area contributed by atoms with E-state index in [-0.39, 0.29) is 72.4 Å². The fraction of sp³-hybridized carbons (Fsp3) is 0.478. The molecule has 0 aliphatic heterocycles. The van der Waals surface area contributed by atoms with Crippen LogP contribution in [0.2, 0.25) is 0 Å². The fourth-order valence-corrected chi connectivity index (χ4v) is 2.53. The van der Waals surface area contributed by atoms with E-state index < -0.39 is 0 Å². The number of aryl methyl sites for hydroxylation is 2. The Morgan fingerprint density at radius 3 is 1.61 bits per heavy atom. The topological polar surface area (TPSA) is 20.2 Å². The fourth-order valence-electron chi connectivity index (χ4n) is 2.53. The van der Waals surface area contributed by atoms with E-state index in [0.29, 0.717) is 5.75 Å². The van der Waals surface area contributed by atoms with Gasteiger partial charge in [-0.25, -0.2) is 12.2 Å². The van der Waals surface area contributed by atoms with Crippen molar-refractivity contribution in [2.45, 2.75) is 71.6 Å². The molecule has 0 amide bonds. The molecule has 1 nitrogen and oxygen atoms in total. The van der Waals surface area contributed by atoms with Crippen molar-refractivity contribution >= 4 is 35.8 Å². The zero-order chi connectivity index (χ0) is 16.0. The second kappa shape index (κ2) is 29.2. The number of rotatable bonds is 8. The number of phenolic OH excluding ortho intramolecular Hbond substituents is 1. The van der Waals surface area contributed by atoms with E-state index in [0.717, 1.165) is 19.3 Å². The molecule has 1 aliphatic carbocycles. The predicted molar refractivity (Wildman–Crippen MR) is 133 cm³/mol. The standard InChI is InChI=1S/C16H26O.C5H5.2CH3.2ClH.H3Si.Ti/c1-3-5-7-9-14-11-15(10-8-6-4-2)13-16(17)12-14;1-2-4-5-3-1;;;;;;/h11-13,17H,3-10H2,1-2H3;1-3H,4H2;2*1H3;2*1H;1H3;/q;3*-1;;;;+3. The van der Waals surface area contributed by atoms with Crippen molar-refractivity contribution in [3.8, 4) is 5.75 Å². The largest absolute Gasteiger partial charge is 3.00 e. The molecule has 1 aliphatic rings. The van der Waals surface area contributed by atoms with Crippen LogP contribution in [0.1, 0.15) is 69.9 Å². The molecule has 1 aromatic rings. The van der Waals surface area contributed by atoms with Crippen LogP contribution in [0.15, 0.2) is 36.4 Å². The Morgan fingerprint density at radius 1 is 0.857 bits per heavy atom. The minimum Gasteiger partial charge on any atom is -0.508 e. The maximum Gasteiger partial charge on any atom is 3.00 e. The van der Waals surface area contributed by atoms with Crippen molar-refractivity contribution < 1.29 is 26.8 Å². The van der Waals surface area contributed by atoms with Gasteiger partial charge in [-0.1, -0.05) is 45.6 Å².